The first kappa shape index (κ1) is 14.7. The molecule has 0 unspecified atom stereocenters. The average molecular weight is 265 g/mol. The summed E-state index contributed by atoms with van der Waals surface area (Å²) >= 11 is 0. The molecule has 6 heteroatoms. The standard InChI is InChI=1S/C13H15NO5/c1-2-3-4-11(15)14-10-6-8(12(16)17)5-9(7-10)13(18)19/h5-7H,2-4H2,1H3,(H,14,15)(H,16,17)(H,18,19). The molecule has 0 fully saturated rings. The largest absolute Gasteiger partial charge is 0.478 e. The topological polar surface area (TPSA) is 104 Å². The molecule has 0 aliphatic rings. The molecule has 1 aromatic rings. The Kier molecular flexibility index (Phi) is 5.05. The minimum absolute atomic E-state index is 0.175. The van der Waals surface area contributed by atoms with Crippen LogP contribution in [0.1, 0.15) is 46.9 Å². The summed E-state index contributed by atoms with van der Waals surface area (Å²) in [5, 5.41) is 20.3. The van der Waals surface area contributed by atoms with Crippen LogP contribution >= 0.6 is 0 Å². The Hall–Kier alpha value is -2.37. The molecular formula is C13H15NO5. The van der Waals surface area contributed by atoms with Crippen LogP contribution in [0.2, 0.25) is 0 Å². The highest BCUT2D eigenvalue weighted by atomic mass is 16.4. The minimum Gasteiger partial charge on any atom is -0.478 e. The van der Waals surface area contributed by atoms with E-state index in [0.29, 0.717) is 6.42 Å². The summed E-state index contributed by atoms with van der Waals surface area (Å²) in [4.78, 5) is 33.3. The van der Waals surface area contributed by atoms with Crippen molar-refractivity contribution in [3.63, 3.8) is 0 Å². The van der Waals surface area contributed by atoms with Crippen molar-refractivity contribution < 1.29 is 24.6 Å². The quantitative estimate of drug-likeness (QED) is 0.731. The maximum Gasteiger partial charge on any atom is 0.335 e. The molecule has 0 aliphatic carbocycles. The molecular weight excluding hydrogens is 250 g/mol. The molecule has 6 nitrogen and oxygen atoms in total. The SMILES string of the molecule is CCCCC(=O)Nc1cc(C(=O)O)cc(C(=O)O)c1. The summed E-state index contributed by atoms with van der Waals surface area (Å²) in [5.41, 5.74) is -0.171. The molecule has 1 aromatic carbocycles. The summed E-state index contributed by atoms with van der Waals surface area (Å²) in [6.07, 6.45) is 1.90. The van der Waals surface area contributed by atoms with E-state index in [9.17, 15) is 14.4 Å². The van der Waals surface area contributed by atoms with E-state index in [-0.39, 0.29) is 22.7 Å². The Bertz CT molecular complexity index is 478. The van der Waals surface area contributed by atoms with Crippen LogP contribution in [0.4, 0.5) is 5.69 Å². The molecule has 0 aromatic heterocycles. The Balaban J connectivity index is 2.96. The highest BCUT2D eigenvalue weighted by Gasteiger charge is 2.12. The zero-order valence-corrected chi connectivity index (χ0v) is 10.5. The second kappa shape index (κ2) is 6.53. The lowest BCUT2D eigenvalue weighted by molar-refractivity contribution is -0.116. The monoisotopic (exact) mass is 265 g/mol. The lowest BCUT2D eigenvalue weighted by atomic mass is 10.1. The van der Waals surface area contributed by atoms with Crippen molar-refractivity contribution in [2.45, 2.75) is 26.2 Å². The number of carbonyl (C=O) groups excluding carboxylic acids is 1. The molecule has 0 atom stereocenters. The molecule has 0 saturated heterocycles. The Morgan fingerprint density at radius 1 is 1.05 bits per heavy atom. The molecule has 1 amide bonds. The fourth-order valence-corrected chi connectivity index (χ4v) is 1.51. The van der Waals surface area contributed by atoms with Gasteiger partial charge < -0.3 is 15.5 Å². The predicted octanol–water partition coefficient (Wildman–Crippen LogP) is 2.21. The number of carboxylic acids is 2. The van der Waals surface area contributed by atoms with Gasteiger partial charge in [0.25, 0.3) is 0 Å². The summed E-state index contributed by atoms with van der Waals surface area (Å²) < 4.78 is 0. The van der Waals surface area contributed by atoms with E-state index in [2.05, 4.69) is 5.32 Å². The van der Waals surface area contributed by atoms with Crippen LogP contribution in [0.15, 0.2) is 18.2 Å². The Morgan fingerprint density at radius 3 is 2.00 bits per heavy atom. The summed E-state index contributed by atoms with van der Waals surface area (Å²) in [7, 11) is 0. The van der Waals surface area contributed by atoms with E-state index in [1.54, 1.807) is 0 Å². The maximum atomic E-state index is 11.5. The predicted molar refractivity (Wildman–Crippen MR) is 68.5 cm³/mol. The zero-order valence-electron chi connectivity index (χ0n) is 10.5. The summed E-state index contributed by atoms with van der Waals surface area (Å²) in [5.74, 6) is -2.75. The van der Waals surface area contributed by atoms with Gasteiger partial charge in [0.15, 0.2) is 0 Å². The van der Waals surface area contributed by atoms with Gasteiger partial charge in [-0.1, -0.05) is 13.3 Å². The molecule has 0 bridgehead atoms. The van der Waals surface area contributed by atoms with Crippen LogP contribution in [-0.2, 0) is 4.79 Å². The lowest BCUT2D eigenvalue weighted by Gasteiger charge is -2.07. The first-order chi connectivity index (χ1) is 8.93. The third kappa shape index (κ3) is 4.42. The molecule has 0 radical (unpaired) electrons. The van der Waals surface area contributed by atoms with Crippen LogP contribution in [0.5, 0.6) is 0 Å². The van der Waals surface area contributed by atoms with Gasteiger partial charge in [0.2, 0.25) is 5.91 Å². The summed E-state index contributed by atoms with van der Waals surface area (Å²) in [6, 6.07) is 3.52. The van der Waals surface area contributed by atoms with E-state index in [0.717, 1.165) is 18.9 Å². The zero-order chi connectivity index (χ0) is 14.4. The van der Waals surface area contributed by atoms with Gasteiger partial charge in [-0.05, 0) is 24.6 Å². The van der Waals surface area contributed by atoms with Gasteiger partial charge in [0, 0.05) is 12.1 Å². The second-order valence-corrected chi connectivity index (χ2v) is 4.06. The molecule has 0 saturated carbocycles. The van der Waals surface area contributed by atoms with Crippen molar-refractivity contribution in [1.82, 2.24) is 0 Å². The van der Waals surface area contributed by atoms with Gasteiger partial charge in [0.05, 0.1) is 11.1 Å². The van der Waals surface area contributed by atoms with Crippen LogP contribution < -0.4 is 5.32 Å². The Labute approximate surface area is 110 Å². The minimum atomic E-state index is -1.24. The first-order valence-electron chi connectivity index (χ1n) is 5.85. The molecule has 0 aliphatic heterocycles. The van der Waals surface area contributed by atoms with E-state index in [1.165, 1.54) is 12.1 Å². The normalized spacial score (nSPS) is 9.95. The van der Waals surface area contributed by atoms with Gasteiger partial charge >= 0.3 is 11.9 Å². The fourth-order valence-electron chi connectivity index (χ4n) is 1.51. The van der Waals surface area contributed by atoms with Crippen molar-refractivity contribution >= 4 is 23.5 Å². The average Bonchev–Trinajstić information content (AvgIpc) is 2.35. The number of anilines is 1. The van der Waals surface area contributed by atoms with Crippen LogP contribution in [-0.4, -0.2) is 28.1 Å². The van der Waals surface area contributed by atoms with Gasteiger partial charge in [-0.25, -0.2) is 9.59 Å². The highest BCUT2D eigenvalue weighted by molar-refractivity contribution is 5.98. The highest BCUT2D eigenvalue weighted by Crippen LogP contribution is 2.16. The van der Waals surface area contributed by atoms with Crippen molar-refractivity contribution in [1.29, 1.82) is 0 Å². The van der Waals surface area contributed by atoms with Crippen molar-refractivity contribution in [2.24, 2.45) is 0 Å². The van der Waals surface area contributed by atoms with Crippen molar-refractivity contribution in [2.75, 3.05) is 5.32 Å². The lowest BCUT2D eigenvalue weighted by Crippen LogP contribution is -2.13. The van der Waals surface area contributed by atoms with Crippen LogP contribution in [0, 0.1) is 0 Å². The fraction of sp³-hybridized carbons (Fsp3) is 0.308. The maximum absolute atomic E-state index is 11.5. The van der Waals surface area contributed by atoms with Gasteiger partial charge in [0.1, 0.15) is 0 Å². The van der Waals surface area contributed by atoms with Crippen molar-refractivity contribution in [3.8, 4) is 0 Å². The Morgan fingerprint density at radius 2 is 1.58 bits per heavy atom. The number of nitrogens with one attached hydrogen (secondary N) is 1. The number of hydrogen-bond acceptors (Lipinski definition) is 3. The van der Waals surface area contributed by atoms with Gasteiger partial charge in [-0.2, -0.15) is 0 Å². The third-order valence-electron chi connectivity index (χ3n) is 2.47. The smallest absolute Gasteiger partial charge is 0.335 e. The first-order valence-corrected chi connectivity index (χ1v) is 5.85. The number of unbranched alkanes of at least 4 members (excludes halogenated alkanes) is 1. The van der Waals surface area contributed by atoms with E-state index >= 15 is 0 Å². The number of benzene rings is 1. The van der Waals surface area contributed by atoms with E-state index in [1.807, 2.05) is 6.92 Å². The summed E-state index contributed by atoms with van der Waals surface area (Å²) in [6.45, 7) is 1.95. The molecule has 102 valence electrons. The van der Waals surface area contributed by atoms with Gasteiger partial charge in [-0.15, -0.1) is 0 Å². The molecule has 3 N–H and O–H groups in total. The van der Waals surface area contributed by atoms with Crippen LogP contribution in [0.25, 0.3) is 0 Å². The van der Waals surface area contributed by atoms with E-state index in [4.69, 9.17) is 10.2 Å². The number of aromatic carboxylic acids is 2. The van der Waals surface area contributed by atoms with Crippen molar-refractivity contribution in [3.05, 3.63) is 29.3 Å². The number of carboxylic acid groups (broad SMARTS) is 2. The van der Waals surface area contributed by atoms with Gasteiger partial charge in [-0.3, -0.25) is 4.79 Å². The number of amides is 1. The second-order valence-electron chi connectivity index (χ2n) is 4.06. The van der Waals surface area contributed by atoms with E-state index < -0.39 is 11.9 Å². The third-order valence-corrected chi connectivity index (χ3v) is 2.47. The number of carbonyl (C=O) groups is 3. The number of hydrogen-bond donors (Lipinski definition) is 3. The molecule has 0 spiro atoms. The number of rotatable bonds is 6. The molecule has 0 heterocycles. The molecule has 19 heavy (non-hydrogen) atoms. The van der Waals surface area contributed by atoms with Crippen LogP contribution in [0.3, 0.4) is 0 Å². The molecule has 1 rings (SSSR count).